The summed E-state index contributed by atoms with van der Waals surface area (Å²) in [5.41, 5.74) is 8.89. The molecule has 1 aromatic carbocycles. The first kappa shape index (κ1) is 14.5. The Kier molecular flexibility index (Phi) is 4.61. The minimum absolute atomic E-state index is 0.119. The molecule has 1 aliphatic rings. The molecule has 0 saturated carbocycles. The van der Waals surface area contributed by atoms with Crippen LogP contribution in [0.5, 0.6) is 0 Å². The van der Waals surface area contributed by atoms with Gasteiger partial charge in [-0.3, -0.25) is 4.90 Å². The molecule has 1 heterocycles. The maximum atomic E-state index is 6.36. The van der Waals surface area contributed by atoms with Crippen LogP contribution in [-0.2, 0) is 0 Å². The molecule has 1 fully saturated rings. The Morgan fingerprint density at radius 2 is 2.11 bits per heavy atom. The van der Waals surface area contributed by atoms with Gasteiger partial charge in [0.05, 0.1) is 0 Å². The highest BCUT2D eigenvalue weighted by Gasteiger charge is 2.31. The molecular formula is C16H27N3. The van der Waals surface area contributed by atoms with Gasteiger partial charge in [0.25, 0.3) is 0 Å². The monoisotopic (exact) mass is 261 g/mol. The van der Waals surface area contributed by atoms with E-state index in [1.807, 2.05) is 0 Å². The van der Waals surface area contributed by atoms with Gasteiger partial charge in [-0.05, 0) is 32.5 Å². The summed E-state index contributed by atoms with van der Waals surface area (Å²) in [6.07, 6.45) is 0. The van der Waals surface area contributed by atoms with E-state index in [0.29, 0.717) is 6.04 Å². The van der Waals surface area contributed by atoms with Crippen LogP contribution in [0.2, 0.25) is 0 Å². The second-order valence-electron chi connectivity index (χ2n) is 6.25. The van der Waals surface area contributed by atoms with Gasteiger partial charge in [-0.2, -0.15) is 0 Å². The highest BCUT2D eigenvalue weighted by Crippen LogP contribution is 2.22. The van der Waals surface area contributed by atoms with Gasteiger partial charge >= 0.3 is 0 Å². The highest BCUT2D eigenvalue weighted by molar-refractivity contribution is 5.25. The third-order valence-corrected chi connectivity index (χ3v) is 4.24. The van der Waals surface area contributed by atoms with Gasteiger partial charge in [0, 0.05) is 31.7 Å². The Bertz CT molecular complexity index is 416. The van der Waals surface area contributed by atoms with E-state index in [-0.39, 0.29) is 6.04 Å². The van der Waals surface area contributed by atoms with E-state index in [2.05, 4.69) is 62.0 Å². The molecule has 3 nitrogen and oxygen atoms in total. The minimum atomic E-state index is 0.119. The zero-order valence-electron chi connectivity index (χ0n) is 12.6. The molecule has 0 aromatic heterocycles. The summed E-state index contributed by atoms with van der Waals surface area (Å²) in [7, 11) is 4.34. The number of nitrogens with two attached hydrogens (primary N) is 1. The van der Waals surface area contributed by atoms with Crippen LogP contribution in [-0.4, -0.2) is 49.6 Å². The zero-order valence-corrected chi connectivity index (χ0v) is 12.6. The molecule has 3 heteroatoms. The molecule has 1 saturated heterocycles. The highest BCUT2D eigenvalue weighted by atomic mass is 15.2. The maximum absolute atomic E-state index is 6.36. The van der Waals surface area contributed by atoms with E-state index in [1.165, 1.54) is 11.1 Å². The van der Waals surface area contributed by atoms with Crippen molar-refractivity contribution in [3.63, 3.8) is 0 Å². The van der Waals surface area contributed by atoms with Gasteiger partial charge in [-0.25, -0.2) is 0 Å². The van der Waals surface area contributed by atoms with Crippen LogP contribution in [0.25, 0.3) is 0 Å². The SMILES string of the molecule is Cc1cccc(C(N)CN2CC(C)C(N(C)C)C2)c1. The topological polar surface area (TPSA) is 32.5 Å². The van der Waals surface area contributed by atoms with Gasteiger partial charge < -0.3 is 10.6 Å². The molecular weight excluding hydrogens is 234 g/mol. The molecule has 0 spiro atoms. The van der Waals surface area contributed by atoms with Crippen LogP contribution in [0.15, 0.2) is 24.3 Å². The lowest BCUT2D eigenvalue weighted by Gasteiger charge is -2.24. The fourth-order valence-corrected chi connectivity index (χ4v) is 3.15. The Hall–Kier alpha value is -0.900. The van der Waals surface area contributed by atoms with E-state index in [9.17, 15) is 0 Å². The Labute approximate surface area is 117 Å². The number of hydrogen-bond donors (Lipinski definition) is 1. The number of benzene rings is 1. The largest absolute Gasteiger partial charge is 0.323 e. The molecule has 19 heavy (non-hydrogen) atoms. The molecule has 2 rings (SSSR count). The summed E-state index contributed by atoms with van der Waals surface area (Å²) in [4.78, 5) is 4.84. The Morgan fingerprint density at radius 3 is 2.68 bits per heavy atom. The lowest BCUT2D eigenvalue weighted by molar-refractivity contribution is 0.248. The van der Waals surface area contributed by atoms with Gasteiger partial charge in [0.15, 0.2) is 0 Å². The van der Waals surface area contributed by atoms with E-state index in [4.69, 9.17) is 5.73 Å². The maximum Gasteiger partial charge on any atom is 0.0424 e. The van der Waals surface area contributed by atoms with E-state index in [1.54, 1.807) is 0 Å². The first-order valence-electron chi connectivity index (χ1n) is 7.18. The zero-order chi connectivity index (χ0) is 14.0. The molecule has 1 aromatic rings. The van der Waals surface area contributed by atoms with Crippen LogP contribution in [0.4, 0.5) is 0 Å². The first-order chi connectivity index (χ1) is 8.97. The van der Waals surface area contributed by atoms with E-state index in [0.717, 1.165) is 25.6 Å². The van der Waals surface area contributed by atoms with Crippen LogP contribution in [0.3, 0.4) is 0 Å². The molecule has 3 atom stereocenters. The number of rotatable bonds is 4. The normalized spacial score (nSPS) is 26.0. The molecule has 2 N–H and O–H groups in total. The predicted octanol–water partition coefficient (Wildman–Crippen LogP) is 1.88. The summed E-state index contributed by atoms with van der Waals surface area (Å²) >= 11 is 0. The van der Waals surface area contributed by atoms with Crippen LogP contribution in [0.1, 0.15) is 24.1 Å². The summed E-state index contributed by atoms with van der Waals surface area (Å²) in [6, 6.07) is 9.34. The van der Waals surface area contributed by atoms with Crippen LogP contribution >= 0.6 is 0 Å². The van der Waals surface area contributed by atoms with Crippen LogP contribution in [0, 0.1) is 12.8 Å². The molecule has 0 bridgehead atoms. The Morgan fingerprint density at radius 1 is 1.37 bits per heavy atom. The van der Waals surface area contributed by atoms with Crippen molar-refractivity contribution in [3.8, 4) is 0 Å². The van der Waals surface area contributed by atoms with Crippen molar-refractivity contribution in [1.29, 1.82) is 0 Å². The molecule has 3 unspecified atom stereocenters. The van der Waals surface area contributed by atoms with Gasteiger partial charge in [-0.15, -0.1) is 0 Å². The number of nitrogens with zero attached hydrogens (tertiary/aromatic N) is 2. The van der Waals surface area contributed by atoms with Crippen LogP contribution < -0.4 is 5.73 Å². The average molecular weight is 261 g/mol. The van der Waals surface area contributed by atoms with Crippen molar-refractivity contribution in [1.82, 2.24) is 9.80 Å². The van der Waals surface area contributed by atoms with Crippen molar-refractivity contribution in [2.24, 2.45) is 11.7 Å². The second-order valence-corrected chi connectivity index (χ2v) is 6.25. The number of hydrogen-bond acceptors (Lipinski definition) is 3. The first-order valence-corrected chi connectivity index (χ1v) is 7.18. The van der Waals surface area contributed by atoms with Crippen molar-refractivity contribution >= 4 is 0 Å². The number of aryl methyl sites for hydroxylation is 1. The average Bonchev–Trinajstić information content (AvgIpc) is 2.70. The predicted molar refractivity (Wildman–Crippen MR) is 81.2 cm³/mol. The minimum Gasteiger partial charge on any atom is -0.323 e. The van der Waals surface area contributed by atoms with Crippen molar-refractivity contribution in [3.05, 3.63) is 35.4 Å². The lowest BCUT2D eigenvalue weighted by Crippen LogP contribution is -2.36. The van der Waals surface area contributed by atoms with Gasteiger partial charge in [0.2, 0.25) is 0 Å². The lowest BCUT2D eigenvalue weighted by atomic mass is 10.0. The summed E-state index contributed by atoms with van der Waals surface area (Å²) in [6.45, 7) is 7.70. The number of likely N-dealkylation sites (tertiary alicyclic amines) is 1. The fraction of sp³-hybridized carbons (Fsp3) is 0.625. The van der Waals surface area contributed by atoms with Gasteiger partial charge in [-0.1, -0.05) is 36.8 Å². The van der Waals surface area contributed by atoms with E-state index >= 15 is 0 Å². The summed E-state index contributed by atoms with van der Waals surface area (Å²) in [5, 5.41) is 0. The fourth-order valence-electron chi connectivity index (χ4n) is 3.15. The Balaban J connectivity index is 1.95. The second kappa shape index (κ2) is 6.04. The standard InChI is InChI=1S/C16H27N3/c1-12-6-5-7-14(8-12)15(17)10-19-9-13(2)16(11-19)18(3)4/h5-8,13,15-16H,9-11,17H2,1-4H3. The third kappa shape index (κ3) is 3.56. The van der Waals surface area contributed by atoms with Crippen molar-refractivity contribution in [2.45, 2.75) is 25.9 Å². The molecule has 0 radical (unpaired) electrons. The van der Waals surface area contributed by atoms with Crippen molar-refractivity contribution in [2.75, 3.05) is 33.7 Å². The third-order valence-electron chi connectivity index (χ3n) is 4.24. The smallest absolute Gasteiger partial charge is 0.0424 e. The quantitative estimate of drug-likeness (QED) is 0.898. The molecule has 0 amide bonds. The van der Waals surface area contributed by atoms with E-state index < -0.39 is 0 Å². The summed E-state index contributed by atoms with van der Waals surface area (Å²) in [5.74, 6) is 0.722. The molecule has 106 valence electrons. The molecule has 0 aliphatic carbocycles. The molecule has 1 aliphatic heterocycles. The van der Waals surface area contributed by atoms with Gasteiger partial charge in [0.1, 0.15) is 0 Å². The number of likely N-dealkylation sites (N-methyl/N-ethyl adjacent to an activating group) is 1. The summed E-state index contributed by atoms with van der Waals surface area (Å²) < 4.78 is 0. The van der Waals surface area contributed by atoms with Crippen molar-refractivity contribution < 1.29 is 0 Å².